The van der Waals surface area contributed by atoms with Crippen molar-refractivity contribution in [3.05, 3.63) is 52.0 Å². The second-order valence-corrected chi connectivity index (χ2v) is 5.52. The summed E-state index contributed by atoms with van der Waals surface area (Å²) in [6, 6.07) is 7.40. The van der Waals surface area contributed by atoms with Crippen LogP contribution < -0.4 is 15.6 Å². The van der Waals surface area contributed by atoms with Gasteiger partial charge in [-0.15, -0.1) is 0 Å². The van der Waals surface area contributed by atoms with Gasteiger partial charge in [0.1, 0.15) is 18.1 Å². The van der Waals surface area contributed by atoms with Crippen molar-refractivity contribution in [2.45, 2.75) is 20.0 Å². The molecule has 3 N–H and O–H groups in total. The molecule has 0 saturated carbocycles. The highest BCUT2D eigenvalue weighted by atomic mass is 35.5. The minimum Gasteiger partial charge on any atom is -0.506 e. The lowest BCUT2D eigenvalue weighted by molar-refractivity contribution is 0.148. The standard InChI is InChI=1S/C16H17ClF2N2O2/c1-9-6-14(22)12(17)7-15(9)23-8-11-10(16(18)19)4-3-5-13(11)21(2)20/h3-7,16,22H,8,20H2,1-2H3. The Morgan fingerprint density at radius 2 is 2.04 bits per heavy atom. The fourth-order valence-electron chi connectivity index (χ4n) is 2.24. The lowest BCUT2D eigenvalue weighted by Gasteiger charge is -2.20. The largest absolute Gasteiger partial charge is 0.506 e. The number of phenols is 1. The summed E-state index contributed by atoms with van der Waals surface area (Å²) in [4.78, 5) is 0. The van der Waals surface area contributed by atoms with Gasteiger partial charge in [-0.05, 0) is 24.6 Å². The Hall–Kier alpha value is -2.05. The van der Waals surface area contributed by atoms with Crippen molar-refractivity contribution in [3.63, 3.8) is 0 Å². The molecule has 23 heavy (non-hydrogen) atoms. The highest BCUT2D eigenvalue weighted by Gasteiger charge is 2.18. The summed E-state index contributed by atoms with van der Waals surface area (Å²) in [5, 5.41) is 10.9. The van der Waals surface area contributed by atoms with Crippen LogP contribution in [0.25, 0.3) is 0 Å². The molecule has 2 aromatic rings. The summed E-state index contributed by atoms with van der Waals surface area (Å²) < 4.78 is 32.1. The Morgan fingerprint density at radius 1 is 1.35 bits per heavy atom. The maximum atomic E-state index is 13.2. The summed E-state index contributed by atoms with van der Waals surface area (Å²) >= 11 is 5.85. The molecule has 0 aromatic heterocycles. The van der Waals surface area contributed by atoms with Gasteiger partial charge >= 0.3 is 0 Å². The predicted molar refractivity (Wildman–Crippen MR) is 86.2 cm³/mol. The van der Waals surface area contributed by atoms with E-state index in [1.165, 1.54) is 29.3 Å². The van der Waals surface area contributed by atoms with Gasteiger partial charge in [0.2, 0.25) is 0 Å². The van der Waals surface area contributed by atoms with Gasteiger partial charge in [-0.3, -0.25) is 0 Å². The molecule has 4 nitrogen and oxygen atoms in total. The lowest BCUT2D eigenvalue weighted by atomic mass is 10.1. The normalized spacial score (nSPS) is 10.9. The Morgan fingerprint density at radius 3 is 2.65 bits per heavy atom. The quantitative estimate of drug-likeness (QED) is 0.632. The summed E-state index contributed by atoms with van der Waals surface area (Å²) in [6.07, 6.45) is -2.64. The number of ether oxygens (including phenoxy) is 1. The van der Waals surface area contributed by atoms with Crippen molar-refractivity contribution >= 4 is 17.3 Å². The van der Waals surface area contributed by atoms with E-state index in [1.54, 1.807) is 20.0 Å². The first-order chi connectivity index (χ1) is 10.8. The van der Waals surface area contributed by atoms with E-state index in [1.807, 2.05) is 0 Å². The van der Waals surface area contributed by atoms with Crippen LogP contribution in [0.1, 0.15) is 23.1 Å². The molecule has 0 aliphatic carbocycles. The van der Waals surface area contributed by atoms with Gasteiger partial charge in [0.25, 0.3) is 6.43 Å². The monoisotopic (exact) mass is 342 g/mol. The zero-order valence-corrected chi connectivity index (χ0v) is 13.4. The van der Waals surface area contributed by atoms with E-state index in [0.29, 0.717) is 22.6 Å². The first-order valence-electron chi connectivity index (χ1n) is 6.81. The summed E-state index contributed by atoms with van der Waals surface area (Å²) in [6.45, 7) is 1.62. The molecule has 0 radical (unpaired) electrons. The number of halogens is 3. The van der Waals surface area contributed by atoms with Crippen LogP contribution in [0.2, 0.25) is 5.02 Å². The van der Waals surface area contributed by atoms with Crippen LogP contribution in [-0.4, -0.2) is 12.2 Å². The molecule has 0 fully saturated rings. The average Bonchev–Trinajstić information content (AvgIpc) is 2.49. The average molecular weight is 343 g/mol. The van der Waals surface area contributed by atoms with E-state index in [-0.39, 0.29) is 22.9 Å². The molecule has 0 aliphatic rings. The molecule has 0 atom stereocenters. The van der Waals surface area contributed by atoms with Gasteiger partial charge < -0.3 is 14.9 Å². The summed E-state index contributed by atoms with van der Waals surface area (Å²) in [7, 11) is 1.57. The van der Waals surface area contributed by atoms with E-state index in [0.717, 1.165) is 0 Å². The Bertz CT molecular complexity index is 682. The number of nitrogens with zero attached hydrogens (tertiary/aromatic N) is 1. The Labute approximate surface area is 138 Å². The molecule has 0 amide bonds. The molecule has 124 valence electrons. The molecule has 0 aliphatic heterocycles. The van der Waals surface area contributed by atoms with Crippen LogP contribution in [-0.2, 0) is 6.61 Å². The summed E-state index contributed by atoms with van der Waals surface area (Å²) in [5.41, 5.74) is 1.26. The van der Waals surface area contributed by atoms with Gasteiger partial charge in [-0.1, -0.05) is 23.7 Å². The first kappa shape index (κ1) is 17.3. The van der Waals surface area contributed by atoms with Crippen molar-refractivity contribution in [1.82, 2.24) is 0 Å². The number of rotatable bonds is 5. The number of phenolic OH excluding ortho intramolecular Hbond substituents is 1. The van der Waals surface area contributed by atoms with Gasteiger partial charge in [0.05, 0.1) is 10.7 Å². The van der Waals surface area contributed by atoms with Gasteiger partial charge in [0.15, 0.2) is 0 Å². The molecule has 2 rings (SSSR count). The zero-order chi connectivity index (χ0) is 17.1. The molecule has 0 heterocycles. The third-order valence-electron chi connectivity index (χ3n) is 3.42. The van der Waals surface area contributed by atoms with E-state index >= 15 is 0 Å². The number of anilines is 1. The Balaban J connectivity index is 2.35. The SMILES string of the molecule is Cc1cc(O)c(Cl)cc1OCc1c(C(F)F)cccc1N(C)N. The van der Waals surface area contributed by atoms with Gasteiger partial charge in [-0.25, -0.2) is 14.6 Å². The molecule has 0 bridgehead atoms. The second kappa shape index (κ2) is 7.02. The van der Waals surface area contributed by atoms with Crippen LogP contribution in [0.15, 0.2) is 30.3 Å². The predicted octanol–water partition coefficient (Wildman–Crippen LogP) is 4.18. The van der Waals surface area contributed by atoms with Gasteiger partial charge in [-0.2, -0.15) is 0 Å². The topological polar surface area (TPSA) is 58.7 Å². The van der Waals surface area contributed by atoms with E-state index in [4.69, 9.17) is 22.2 Å². The van der Waals surface area contributed by atoms with E-state index in [9.17, 15) is 13.9 Å². The van der Waals surface area contributed by atoms with Crippen molar-refractivity contribution in [2.75, 3.05) is 12.1 Å². The maximum Gasteiger partial charge on any atom is 0.264 e. The smallest absolute Gasteiger partial charge is 0.264 e. The number of hydrogen-bond acceptors (Lipinski definition) is 4. The summed E-state index contributed by atoms with van der Waals surface area (Å²) in [5.74, 6) is 6.05. The van der Waals surface area contributed by atoms with Crippen molar-refractivity contribution in [1.29, 1.82) is 0 Å². The van der Waals surface area contributed by atoms with Crippen LogP contribution in [0.5, 0.6) is 11.5 Å². The van der Waals surface area contributed by atoms with Gasteiger partial charge in [0, 0.05) is 24.2 Å². The van der Waals surface area contributed by atoms with Crippen molar-refractivity contribution in [2.24, 2.45) is 5.84 Å². The molecular formula is C16H17ClF2N2O2. The fraction of sp³-hybridized carbons (Fsp3) is 0.250. The van der Waals surface area contributed by atoms with Crippen LogP contribution in [0, 0.1) is 6.92 Å². The maximum absolute atomic E-state index is 13.2. The minimum atomic E-state index is -2.64. The molecule has 0 saturated heterocycles. The molecule has 0 unspecified atom stereocenters. The Kier molecular flexibility index (Phi) is 5.28. The van der Waals surface area contributed by atoms with Crippen LogP contribution in [0.4, 0.5) is 14.5 Å². The van der Waals surface area contributed by atoms with Crippen LogP contribution in [0.3, 0.4) is 0 Å². The first-order valence-corrected chi connectivity index (χ1v) is 7.19. The number of alkyl halides is 2. The van der Waals surface area contributed by atoms with E-state index < -0.39 is 6.43 Å². The lowest BCUT2D eigenvalue weighted by Crippen LogP contribution is -2.27. The molecular weight excluding hydrogens is 326 g/mol. The second-order valence-electron chi connectivity index (χ2n) is 5.11. The molecule has 0 spiro atoms. The number of benzene rings is 2. The minimum absolute atomic E-state index is 0.0631. The number of aryl methyl sites for hydroxylation is 1. The third kappa shape index (κ3) is 3.83. The van der Waals surface area contributed by atoms with Crippen molar-refractivity contribution in [3.8, 4) is 11.5 Å². The van der Waals surface area contributed by atoms with Crippen LogP contribution >= 0.6 is 11.6 Å². The number of aromatic hydroxyl groups is 1. The molecule has 7 heteroatoms. The highest BCUT2D eigenvalue weighted by molar-refractivity contribution is 6.32. The van der Waals surface area contributed by atoms with Crippen molar-refractivity contribution < 1.29 is 18.6 Å². The van der Waals surface area contributed by atoms with E-state index in [2.05, 4.69) is 0 Å². The third-order valence-corrected chi connectivity index (χ3v) is 3.72. The highest BCUT2D eigenvalue weighted by Crippen LogP contribution is 2.34. The zero-order valence-electron chi connectivity index (χ0n) is 12.7. The molecule has 2 aromatic carbocycles. The number of hydrazine groups is 1. The number of hydrogen-bond donors (Lipinski definition) is 2. The number of nitrogens with two attached hydrogens (primary N) is 1. The fourth-order valence-corrected chi connectivity index (χ4v) is 2.39.